The van der Waals surface area contributed by atoms with Crippen LogP contribution in [0.1, 0.15) is 12.8 Å². The fourth-order valence-electron chi connectivity index (χ4n) is 1.10. The molecule has 0 unspecified atom stereocenters. The average molecular weight is 307 g/mol. The minimum absolute atomic E-state index is 0. The van der Waals surface area contributed by atoms with E-state index in [1.54, 1.807) is 12.1 Å². The van der Waals surface area contributed by atoms with Crippen molar-refractivity contribution in [3.05, 3.63) is 78.9 Å². The van der Waals surface area contributed by atoms with Crippen LogP contribution in [0.3, 0.4) is 0 Å². The molecule has 0 saturated heterocycles. The van der Waals surface area contributed by atoms with Gasteiger partial charge in [0, 0.05) is 0 Å². The quantitative estimate of drug-likeness (QED) is 0.502. The Morgan fingerprint density at radius 2 is 1.32 bits per heavy atom. The van der Waals surface area contributed by atoms with E-state index in [2.05, 4.69) is 24.3 Å². The van der Waals surface area contributed by atoms with Crippen molar-refractivity contribution in [1.29, 1.82) is 0 Å². The molecular formula is C16H15ClOTi-2. The Balaban J connectivity index is 0. The molecule has 0 aromatic heterocycles. The van der Waals surface area contributed by atoms with Crippen LogP contribution in [0, 0.1) is 12.2 Å². The van der Waals surface area contributed by atoms with E-state index in [1.165, 1.54) is 12.1 Å². The van der Waals surface area contributed by atoms with Crippen molar-refractivity contribution >= 4 is 0 Å². The summed E-state index contributed by atoms with van der Waals surface area (Å²) in [5.74, 6) is 0.0718. The fraction of sp³-hybridized carbons (Fsp3) is 0.125. The Labute approximate surface area is 136 Å². The summed E-state index contributed by atoms with van der Waals surface area (Å²) in [7, 11) is 0. The van der Waals surface area contributed by atoms with Crippen LogP contribution in [0.15, 0.2) is 66.8 Å². The van der Waals surface area contributed by atoms with Crippen LogP contribution in [0.5, 0.6) is 5.75 Å². The molecule has 0 amide bonds. The average Bonchev–Trinajstić information content (AvgIpc) is 3.09. The standard InChI is InChI=1S/C6H6O.2C5H5.ClH.Ti/c7-6-4-2-1-3-5-6;2*1-2-4-5-3-1;;/h1-5,7H;2*1-3H,4H2;1H;/q;2*-1;;+2/p-2. The van der Waals surface area contributed by atoms with Gasteiger partial charge in [0.1, 0.15) is 0 Å². The number of para-hydroxylation sites is 1. The van der Waals surface area contributed by atoms with Gasteiger partial charge in [-0.05, 0) is 0 Å². The summed E-state index contributed by atoms with van der Waals surface area (Å²) in [5, 5.41) is 10.3. The molecule has 0 saturated carbocycles. The Kier molecular flexibility index (Phi) is 16.1. The summed E-state index contributed by atoms with van der Waals surface area (Å²) in [5.41, 5.74) is 0. The van der Waals surface area contributed by atoms with Crippen molar-refractivity contribution in [2.24, 2.45) is 0 Å². The normalized spacial score (nSPS) is 12.4. The third-order valence-corrected chi connectivity index (χ3v) is 1.91. The second kappa shape index (κ2) is 15.0. The number of halogens is 1. The van der Waals surface area contributed by atoms with Crippen molar-refractivity contribution in [2.75, 3.05) is 0 Å². The number of hydrogen-bond acceptors (Lipinski definition) is 1. The molecule has 3 rings (SSSR count). The number of benzene rings is 1. The molecule has 1 aromatic carbocycles. The molecule has 0 radical (unpaired) electrons. The molecule has 0 atom stereocenters. The van der Waals surface area contributed by atoms with Crippen molar-refractivity contribution in [3.8, 4) is 5.75 Å². The van der Waals surface area contributed by atoms with Gasteiger partial charge in [-0.3, -0.25) is 12.2 Å². The third kappa shape index (κ3) is 13.2. The van der Waals surface area contributed by atoms with E-state index < -0.39 is 0 Å². The van der Waals surface area contributed by atoms with Crippen LogP contribution >= 0.6 is 0 Å². The first kappa shape index (κ1) is 20.3. The third-order valence-electron chi connectivity index (χ3n) is 1.91. The molecule has 1 aromatic rings. The van der Waals surface area contributed by atoms with E-state index in [-0.39, 0.29) is 39.9 Å². The maximum absolute atomic E-state index is 10.3. The molecule has 0 N–H and O–H groups in total. The summed E-state index contributed by atoms with van der Waals surface area (Å²) in [6.07, 6.45) is 20.0. The topological polar surface area (TPSA) is 23.1 Å². The van der Waals surface area contributed by atoms with Crippen LogP contribution in [0.4, 0.5) is 0 Å². The first-order chi connectivity index (χ1) is 8.39. The minimum Gasteiger partial charge on any atom is -1.00 e. The van der Waals surface area contributed by atoms with Crippen LogP contribution < -0.4 is 17.5 Å². The van der Waals surface area contributed by atoms with E-state index in [4.69, 9.17) is 0 Å². The minimum atomic E-state index is 0. The monoisotopic (exact) mass is 306 g/mol. The van der Waals surface area contributed by atoms with Crippen molar-refractivity contribution in [1.82, 2.24) is 0 Å². The van der Waals surface area contributed by atoms with Crippen LogP contribution in [-0.4, -0.2) is 0 Å². The summed E-state index contributed by atoms with van der Waals surface area (Å²) in [6, 6.07) is 8.33. The molecule has 2 aliphatic rings. The van der Waals surface area contributed by atoms with E-state index in [0.29, 0.717) is 0 Å². The molecule has 0 heterocycles. The number of rotatable bonds is 0. The fourth-order valence-corrected chi connectivity index (χ4v) is 1.10. The summed E-state index contributed by atoms with van der Waals surface area (Å²) >= 11 is 0. The first-order valence-electron chi connectivity index (χ1n) is 5.55. The molecule has 19 heavy (non-hydrogen) atoms. The maximum atomic E-state index is 10.3. The molecule has 0 fully saturated rings. The van der Waals surface area contributed by atoms with E-state index in [9.17, 15) is 5.11 Å². The van der Waals surface area contributed by atoms with Gasteiger partial charge in [-0.15, -0.1) is 18.6 Å². The zero-order valence-electron chi connectivity index (χ0n) is 10.6. The summed E-state index contributed by atoms with van der Waals surface area (Å²) in [4.78, 5) is 0. The number of allylic oxidation sites excluding steroid dienone is 8. The molecule has 1 nitrogen and oxygen atoms in total. The van der Waals surface area contributed by atoms with Gasteiger partial charge < -0.3 is 17.5 Å². The van der Waals surface area contributed by atoms with Gasteiger partial charge in [0.15, 0.2) is 0 Å². The van der Waals surface area contributed by atoms with Gasteiger partial charge in [0.25, 0.3) is 0 Å². The van der Waals surface area contributed by atoms with Gasteiger partial charge in [-0.25, -0.2) is 24.3 Å². The molecule has 2 aliphatic carbocycles. The SMILES string of the molecule is [C-]1=CC=CC1.[C-]1=CC=CC1.[Cl-].[O-]c1ccccc1.[Ti+2]. The summed E-state index contributed by atoms with van der Waals surface area (Å²) in [6.45, 7) is 0. The second-order valence-electron chi connectivity index (χ2n) is 3.32. The van der Waals surface area contributed by atoms with Crippen LogP contribution in [0.25, 0.3) is 0 Å². The van der Waals surface area contributed by atoms with Gasteiger partial charge in [0.2, 0.25) is 0 Å². The maximum Gasteiger partial charge on any atom is 2.00 e. The van der Waals surface area contributed by atoms with Crippen molar-refractivity contribution in [2.45, 2.75) is 12.8 Å². The molecule has 0 bridgehead atoms. The largest absolute Gasteiger partial charge is 2.00 e. The number of hydrogen-bond donors (Lipinski definition) is 0. The predicted molar refractivity (Wildman–Crippen MR) is 69.0 cm³/mol. The van der Waals surface area contributed by atoms with Gasteiger partial charge in [0.05, 0.1) is 0 Å². The molecule has 98 valence electrons. The summed E-state index contributed by atoms with van der Waals surface area (Å²) < 4.78 is 0. The van der Waals surface area contributed by atoms with Gasteiger partial charge in [-0.1, -0.05) is 30.3 Å². The van der Waals surface area contributed by atoms with Crippen molar-refractivity contribution < 1.29 is 39.2 Å². The predicted octanol–water partition coefficient (Wildman–Crippen LogP) is 0.373. The van der Waals surface area contributed by atoms with Gasteiger partial charge >= 0.3 is 21.7 Å². The molecule has 0 aliphatic heterocycles. The van der Waals surface area contributed by atoms with Crippen LogP contribution in [-0.2, 0) is 21.7 Å². The second-order valence-corrected chi connectivity index (χ2v) is 3.32. The zero-order valence-corrected chi connectivity index (χ0v) is 12.9. The Hall–Kier alpha value is -1.02. The zero-order chi connectivity index (χ0) is 12.2. The Morgan fingerprint density at radius 1 is 0.842 bits per heavy atom. The Bertz CT molecular complexity index is 366. The molecule has 0 spiro atoms. The van der Waals surface area contributed by atoms with E-state index >= 15 is 0 Å². The molecule has 3 heteroatoms. The van der Waals surface area contributed by atoms with Crippen molar-refractivity contribution in [3.63, 3.8) is 0 Å². The smallest absolute Gasteiger partial charge is 1.00 e. The van der Waals surface area contributed by atoms with Gasteiger partial charge in [-0.2, -0.15) is 12.2 Å². The molecular weight excluding hydrogens is 291 g/mol. The van der Waals surface area contributed by atoms with Crippen LogP contribution in [0.2, 0.25) is 0 Å². The van der Waals surface area contributed by atoms with E-state index in [0.717, 1.165) is 12.8 Å². The Morgan fingerprint density at radius 3 is 1.47 bits per heavy atom. The van der Waals surface area contributed by atoms with E-state index in [1.807, 2.05) is 30.4 Å². The first-order valence-corrected chi connectivity index (χ1v) is 5.55.